The number of aromatic nitrogens is 2. The van der Waals surface area contributed by atoms with Crippen LogP contribution in [0.25, 0.3) is 16.7 Å². The Morgan fingerprint density at radius 1 is 0.500 bits per heavy atom. The van der Waals surface area contributed by atoms with Crippen LogP contribution in [0.3, 0.4) is 0 Å². The van der Waals surface area contributed by atoms with Crippen molar-refractivity contribution < 1.29 is 0 Å². The first kappa shape index (κ1) is 28.0. The molecule has 0 aliphatic carbocycles. The van der Waals surface area contributed by atoms with Gasteiger partial charge in [-0.2, -0.15) is 0 Å². The molecule has 4 nitrogen and oxygen atoms in total. The number of aromatic amines is 2. The van der Waals surface area contributed by atoms with Crippen molar-refractivity contribution in [3.05, 3.63) is 220 Å². The first-order chi connectivity index (χ1) is 23.8. The lowest BCUT2D eigenvalue weighted by Gasteiger charge is -2.17. The Morgan fingerprint density at radius 2 is 1.10 bits per heavy atom. The number of aliphatic imine (C=N–C) groups is 2. The summed E-state index contributed by atoms with van der Waals surface area (Å²) < 4.78 is 0. The van der Waals surface area contributed by atoms with Gasteiger partial charge >= 0.3 is 0 Å². The predicted octanol–water partition coefficient (Wildman–Crippen LogP) is 7.74. The molecular weight excluding hydrogens is 585 g/mol. The number of hydrogen-bond donors (Lipinski definition) is 2. The molecule has 48 heavy (non-hydrogen) atoms. The summed E-state index contributed by atoms with van der Waals surface area (Å²) >= 11 is 0. The first-order valence-electron chi connectivity index (χ1n) is 16.4. The van der Waals surface area contributed by atoms with Crippen molar-refractivity contribution in [3.8, 4) is 0 Å². The fourth-order valence-corrected chi connectivity index (χ4v) is 7.18. The highest BCUT2D eigenvalue weighted by atomic mass is 14.9. The van der Waals surface area contributed by atoms with Gasteiger partial charge in [0.05, 0.1) is 29.1 Å². The van der Waals surface area contributed by atoms with Crippen molar-refractivity contribution in [2.45, 2.75) is 12.0 Å². The van der Waals surface area contributed by atoms with Crippen molar-refractivity contribution in [3.63, 3.8) is 0 Å². The maximum atomic E-state index is 5.42. The van der Waals surface area contributed by atoms with Crippen LogP contribution in [-0.2, 0) is 0 Å². The van der Waals surface area contributed by atoms with Crippen LogP contribution in [0.2, 0.25) is 0 Å². The first-order valence-corrected chi connectivity index (χ1v) is 16.4. The number of nitrogens with one attached hydrogen (secondary N) is 2. The van der Waals surface area contributed by atoms with Gasteiger partial charge in [-0.1, -0.05) is 127 Å². The molecule has 2 aromatic heterocycles. The molecule has 0 amide bonds. The van der Waals surface area contributed by atoms with Crippen molar-refractivity contribution in [1.29, 1.82) is 0 Å². The van der Waals surface area contributed by atoms with Crippen LogP contribution in [0.4, 0.5) is 0 Å². The summed E-state index contributed by atoms with van der Waals surface area (Å²) in [4.78, 5) is 18.5. The topological polar surface area (TPSA) is 56.3 Å². The molecule has 0 spiro atoms. The summed E-state index contributed by atoms with van der Waals surface area (Å²) in [6.07, 6.45) is 8.73. The fourth-order valence-electron chi connectivity index (χ4n) is 7.18. The maximum absolute atomic E-state index is 5.42. The number of H-pyrrole nitrogens is 2. The molecule has 0 fully saturated rings. The van der Waals surface area contributed by atoms with E-state index in [0.29, 0.717) is 0 Å². The van der Waals surface area contributed by atoms with Gasteiger partial charge in [-0.3, -0.25) is 9.98 Å². The van der Waals surface area contributed by atoms with E-state index < -0.39 is 0 Å². The molecule has 6 aromatic rings. The lowest BCUT2D eigenvalue weighted by Crippen LogP contribution is -2.20. The van der Waals surface area contributed by atoms with E-state index in [2.05, 4.69) is 180 Å². The van der Waals surface area contributed by atoms with E-state index in [9.17, 15) is 0 Å². The molecule has 5 heterocycles. The van der Waals surface area contributed by atoms with Gasteiger partial charge < -0.3 is 9.97 Å². The van der Waals surface area contributed by atoms with Crippen molar-refractivity contribution >= 4 is 28.1 Å². The Morgan fingerprint density at radius 3 is 1.79 bits per heavy atom. The smallest absolute Gasteiger partial charge is 0.0968 e. The van der Waals surface area contributed by atoms with Gasteiger partial charge in [0.2, 0.25) is 0 Å². The Labute approximate surface area is 279 Å². The molecule has 3 aliphatic rings. The Balaban J connectivity index is 1.38. The van der Waals surface area contributed by atoms with Crippen molar-refractivity contribution in [1.82, 2.24) is 9.97 Å². The summed E-state index contributed by atoms with van der Waals surface area (Å²) in [7, 11) is 0. The number of allylic oxidation sites excluding steroid dienone is 3. The van der Waals surface area contributed by atoms with Gasteiger partial charge in [-0.25, -0.2) is 0 Å². The number of rotatable bonds is 4. The minimum atomic E-state index is -0.190. The zero-order valence-electron chi connectivity index (χ0n) is 26.2. The van der Waals surface area contributed by atoms with Crippen LogP contribution in [0.15, 0.2) is 186 Å². The van der Waals surface area contributed by atoms with Crippen LogP contribution < -0.4 is 10.7 Å². The normalized spacial score (nSPS) is 21.0. The average molecular weight is 617 g/mol. The monoisotopic (exact) mass is 616 g/mol. The van der Waals surface area contributed by atoms with Crippen molar-refractivity contribution in [2.75, 3.05) is 0 Å². The maximum Gasteiger partial charge on any atom is 0.0968 e. The molecule has 2 atom stereocenters. The number of benzene rings is 4. The molecule has 2 unspecified atom stereocenters. The molecule has 0 radical (unpaired) electrons. The number of hydrogen-bond acceptors (Lipinski definition) is 2. The third kappa shape index (κ3) is 4.95. The molecule has 0 saturated heterocycles. The van der Waals surface area contributed by atoms with Gasteiger partial charge in [0.15, 0.2) is 0 Å². The largest absolute Gasteiger partial charge is 0.357 e. The lowest BCUT2D eigenvalue weighted by molar-refractivity contribution is 1.01. The zero-order chi connectivity index (χ0) is 31.9. The minimum absolute atomic E-state index is 0.0777. The van der Waals surface area contributed by atoms with Crippen molar-refractivity contribution in [2.24, 2.45) is 9.98 Å². The molecular formula is C44H32N4. The Bertz CT molecular complexity index is 2420. The molecule has 8 bridgehead atoms. The van der Waals surface area contributed by atoms with E-state index in [1.807, 2.05) is 0 Å². The molecule has 3 aliphatic heterocycles. The second-order valence-electron chi connectivity index (χ2n) is 12.3. The third-order valence-electron chi connectivity index (χ3n) is 9.36. The predicted molar refractivity (Wildman–Crippen MR) is 196 cm³/mol. The van der Waals surface area contributed by atoms with E-state index in [0.717, 1.165) is 72.6 Å². The van der Waals surface area contributed by atoms with Gasteiger partial charge in [0.1, 0.15) is 0 Å². The lowest BCUT2D eigenvalue weighted by atomic mass is 9.91. The molecule has 4 heteroatoms. The van der Waals surface area contributed by atoms with Crippen LogP contribution in [-0.4, -0.2) is 27.4 Å². The quantitative estimate of drug-likeness (QED) is 0.204. The highest BCUT2D eigenvalue weighted by molar-refractivity contribution is 6.30. The highest BCUT2D eigenvalue weighted by Crippen LogP contribution is 2.36. The summed E-state index contributed by atoms with van der Waals surface area (Å²) in [5.74, 6) is -0.0777. The van der Waals surface area contributed by atoms with Crippen LogP contribution >= 0.6 is 0 Å². The SMILES string of the molecule is C1=CC2N=C1C(c1ccccc1)=c1cc/c([nH]1)=C(\c1ccccc1)c1ccc([nH]1)C(c1ccccc1)C1=N/C(=C\2c2ccccc2)C=C1. The van der Waals surface area contributed by atoms with Gasteiger partial charge in [0.25, 0.3) is 0 Å². The van der Waals surface area contributed by atoms with E-state index >= 15 is 0 Å². The van der Waals surface area contributed by atoms with E-state index in [1.54, 1.807) is 0 Å². The van der Waals surface area contributed by atoms with Crippen LogP contribution in [0.5, 0.6) is 0 Å². The van der Waals surface area contributed by atoms with Crippen LogP contribution in [0, 0.1) is 0 Å². The van der Waals surface area contributed by atoms with Gasteiger partial charge in [0, 0.05) is 38.8 Å². The second-order valence-corrected chi connectivity index (χ2v) is 12.3. The molecule has 228 valence electrons. The number of nitrogens with zero attached hydrogens (tertiary/aromatic N) is 2. The Hall–Kier alpha value is -6.26. The summed E-state index contributed by atoms with van der Waals surface area (Å²) in [5, 5.41) is 2.05. The van der Waals surface area contributed by atoms with Gasteiger partial charge in [-0.15, -0.1) is 0 Å². The number of fused-ring (bicyclic) bond motifs is 6. The summed E-state index contributed by atoms with van der Waals surface area (Å²) in [6, 6.07) is 51.0. The third-order valence-corrected chi connectivity index (χ3v) is 9.36. The molecule has 9 rings (SSSR count). The zero-order valence-corrected chi connectivity index (χ0v) is 26.2. The van der Waals surface area contributed by atoms with E-state index in [4.69, 9.17) is 9.98 Å². The summed E-state index contributed by atoms with van der Waals surface area (Å²) in [6.45, 7) is 0. The fraction of sp³-hybridized carbons (Fsp3) is 0.0455. The highest BCUT2D eigenvalue weighted by Gasteiger charge is 2.28. The molecule has 4 aromatic carbocycles. The van der Waals surface area contributed by atoms with E-state index in [1.165, 1.54) is 5.56 Å². The average Bonchev–Trinajstić information content (AvgIpc) is 3.98. The summed E-state index contributed by atoms with van der Waals surface area (Å²) in [5.41, 5.74) is 12.8. The minimum Gasteiger partial charge on any atom is -0.357 e. The van der Waals surface area contributed by atoms with Gasteiger partial charge in [-0.05, 0) is 64.7 Å². The molecule has 0 saturated carbocycles. The molecule has 2 N–H and O–H groups in total. The Kier molecular flexibility index (Phi) is 6.90. The van der Waals surface area contributed by atoms with Crippen LogP contribution in [0.1, 0.15) is 39.6 Å². The standard InChI is InChI=1S/C44H32N4/c1-5-13-29(14-6-1)41-33-21-23-35(45-33)42(30-15-7-2-8-16-30)37-25-27-39(47-37)44(32-19-11-4-12-20-32)40-28-26-38(48-40)43(31-17-9-3-10-18-31)36-24-22-34(41)46-36/h1-28,33,43,47-48H/b41-34-,42-37?,44-39-. The van der Waals surface area contributed by atoms with E-state index in [-0.39, 0.29) is 12.0 Å². The second kappa shape index (κ2) is 11.8.